The van der Waals surface area contributed by atoms with Crippen LogP contribution < -0.4 is 10.1 Å². The predicted molar refractivity (Wildman–Crippen MR) is 97.6 cm³/mol. The van der Waals surface area contributed by atoms with Gasteiger partial charge < -0.3 is 15.0 Å². The first-order valence-electron chi connectivity index (χ1n) is 8.54. The molecule has 0 radical (unpaired) electrons. The van der Waals surface area contributed by atoms with Crippen LogP contribution in [0.4, 0.5) is 5.69 Å². The van der Waals surface area contributed by atoms with Crippen molar-refractivity contribution in [3.8, 4) is 11.5 Å². The quantitative estimate of drug-likeness (QED) is 0.635. The normalized spacial score (nSPS) is 17.0. The Kier molecular flexibility index (Phi) is 5.48. The number of nitro groups is 1. The predicted octanol–water partition coefficient (Wildman–Crippen LogP) is 3.21. The number of carbonyl (C=O) groups is 1. The fourth-order valence-electron chi connectivity index (χ4n) is 3.07. The van der Waals surface area contributed by atoms with E-state index >= 15 is 0 Å². The van der Waals surface area contributed by atoms with Crippen LogP contribution in [-0.2, 0) is 0 Å². The molecule has 26 heavy (non-hydrogen) atoms. The van der Waals surface area contributed by atoms with E-state index in [9.17, 15) is 14.9 Å². The molecule has 0 saturated carbocycles. The second-order valence-corrected chi connectivity index (χ2v) is 6.34. The summed E-state index contributed by atoms with van der Waals surface area (Å²) in [5, 5.41) is 14.0. The molecule has 1 aliphatic rings. The fourth-order valence-corrected chi connectivity index (χ4v) is 3.07. The van der Waals surface area contributed by atoms with Crippen LogP contribution in [0.1, 0.15) is 23.2 Å². The van der Waals surface area contributed by atoms with E-state index in [0.29, 0.717) is 23.9 Å². The van der Waals surface area contributed by atoms with Crippen LogP contribution in [0.15, 0.2) is 48.5 Å². The lowest BCUT2D eigenvalue weighted by Gasteiger charge is -2.19. The number of nitrogens with zero attached hydrogens (tertiary/aromatic N) is 2. The van der Waals surface area contributed by atoms with Gasteiger partial charge in [0, 0.05) is 24.2 Å². The van der Waals surface area contributed by atoms with Gasteiger partial charge in [-0.3, -0.25) is 14.9 Å². The molecule has 0 bridgehead atoms. The maximum Gasteiger partial charge on any atom is 0.311 e. The van der Waals surface area contributed by atoms with Gasteiger partial charge in [0.2, 0.25) is 5.75 Å². The highest BCUT2D eigenvalue weighted by molar-refractivity contribution is 5.94. The van der Waals surface area contributed by atoms with E-state index in [1.807, 2.05) is 0 Å². The summed E-state index contributed by atoms with van der Waals surface area (Å²) in [5.41, 5.74) is 0.341. The summed E-state index contributed by atoms with van der Waals surface area (Å²) >= 11 is 0. The molecule has 2 aromatic carbocycles. The number of likely N-dealkylation sites (tertiary alicyclic amines) is 1. The molecular weight excluding hydrogens is 334 g/mol. The molecule has 3 rings (SSSR count). The maximum atomic E-state index is 12.4. The summed E-state index contributed by atoms with van der Waals surface area (Å²) in [6.45, 7) is 1.66. The van der Waals surface area contributed by atoms with E-state index in [2.05, 4.69) is 17.3 Å². The van der Waals surface area contributed by atoms with Crippen molar-refractivity contribution >= 4 is 11.6 Å². The number of ether oxygens (including phenoxy) is 1. The zero-order valence-electron chi connectivity index (χ0n) is 14.6. The SMILES string of the molecule is CN1CCCC1CNC(=O)c1cccc(Oc2ccccc2[N+](=O)[O-])c1. The minimum absolute atomic E-state index is 0.119. The Bertz CT molecular complexity index is 809. The molecular formula is C19H21N3O4. The highest BCUT2D eigenvalue weighted by Gasteiger charge is 2.21. The second-order valence-electron chi connectivity index (χ2n) is 6.34. The molecule has 0 spiro atoms. The summed E-state index contributed by atoms with van der Waals surface area (Å²) in [6.07, 6.45) is 2.23. The van der Waals surface area contributed by atoms with Gasteiger partial charge in [-0.1, -0.05) is 18.2 Å². The molecule has 2 aromatic rings. The summed E-state index contributed by atoms with van der Waals surface area (Å²) in [4.78, 5) is 25.2. The number of hydrogen-bond acceptors (Lipinski definition) is 5. The molecule has 0 aliphatic carbocycles. The van der Waals surface area contributed by atoms with E-state index < -0.39 is 4.92 Å². The molecule has 1 unspecified atom stereocenters. The molecule has 0 aromatic heterocycles. The number of nitro benzene ring substituents is 1. The highest BCUT2D eigenvalue weighted by atomic mass is 16.6. The Morgan fingerprint density at radius 2 is 2.12 bits per heavy atom. The molecule has 1 N–H and O–H groups in total. The van der Waals surface area contributed by atoms with Crippen molar-refractivity contribution in [2.45, 2.75) is 18.9 Å². The van der Waals surface area contributed by atoms with Gasteiger partial charge in [-0.15, -0.1) is 0 Å². The molecule has 1 atom stereocenters. The molecule has 1 fully saturated rings. The van der Waals surface area contributed by atoms with E-state index in [0.717, 1.165) is 19.4 Å². The average Bonchev–Trinajstić information content (AvgIpc) is 3.05. The number of nitrogens with one attached hydrogen (secondary N) is 1. The third-order valence-electron chi connectivity index (χ3n) is 4.56. The van der Waals surface area contributed by atoms with E-state index in [1.165, 1.54) is 12.1 Å². The van der Waals surface area contributed by atoms with E-state index in [1.54, 1.807) is 36.4 Å². The Morgan fingerprint density at radius 1 is 1.31 bits per heavy atom. The Morgan fingerprint density at radius 3 is 2.85 bits per heavy atom. The van der Waals surface area contributed by atoms with Crippen LogP contribution in [0.5, 0.6) is 11.5 Å². The smallest absolute Gasteiger partial charge is 0.311 e. The third kappa shape index (κ3) is 4.18. The first kappa shape index (κ1) is 17.9. The van der Waals surface area contributed by atoms with Gasteiger partial charge in [-0.05, 0) is 50.7 Å². The number of rotatable bonds is 6. The van der Waals surface area contributed by atoms with E-state index in [-0.39, 0.29) is 17.3 Å². The number of para-hydroxylation sites is 2. The van der Waals surface area contributed by atoms with Crippen LogP contribution in [-0.4, -0.2) is 41.9 Å². The lowest BCUT2D eigenvalue weighted by molar-refractivity contribution is -0.385. The summed E-state index contributed by atoms with van der Waals surface area (Å²) in [5.74, 6) is 0.339. The fraction of sp³-hybridized carbons (Fsp3) is 0.316. The minimum atomic E-state index is -0.496. The van der Waals surface area contributed by atoms with Crippen LogP contribution >= 0.6 is 0 Å². The lowest BCUT2D eigenvalue weighted by atomic mass is 10.2. The molecule has 136 valence electrons. The van der Waals surface area contributed by atoms with Gasteiger partial charge in [0.25, 0.3) is 5.91 Å². The van der Waals surface area contributed by atoms with Gasteiger partial charge in [0.05, 0.1) is 4.92 Å². The van der Waals surface area contributed by atoms with Gasteiger partial charge >= 0.3 is 5.69 Å². The molecule has 7 heteroatoms. The number of carbonyl (C=O) groups excluding carboxylic acids is 1. The maximum absolute atomic E-state index is 12.4. The molecule has 1 saturated heterocycles. The van der Waals surface area contributed by atoms with Gasteiger partial charge in [0.15, 0.2) is 0 Å². The molecule has 1 amide bonds. The van der Waals surface area contributed by atoms with Gasteiger partial charge in [0.1, 0.15) is 5.75 Å². The second kappa shape index (κ2) is 7.97. The zero-order chi connectivity index (χ0) is 18.5. The number of hydrogen-bond donors (Lipinski definition) is 1. The lowest BCUT2D eigenvalue weighted by Crippen LogP contribution is -2.38. The van der Waals surface area contributed by atoms with Crippen molar-refractivity contribution < 1.29 is 14.5 Å². The first-order valence-corrected chi connectivity index (χ1v) is 8.54. The zero-order valence-corrected chi connectivity index (χ0v) is 14.6. The Labute approximate surface area is 151 Å². The Balaban J connectivity index is 1.68. The van der Waals surface area contributed by atoms with Crippen LogP contribution in [0.25, 0.3) is 0 Å². The van der Waals surface area contributed by atoms with Gasteiger partial charge in [-0.2, -0.15) is 0 Å². The highest BCUT2D eigenvalue weighted by Crippen LogP contribution is 2.31. The standard InChI is InChI=1S/C19H21N3O4/c1-21-11-5-7-15(21)13-20-19(23)14-6-4-8-16(12-14)26-18-10-3-2-9-17(18)22(24)25/h2-4,6,8-10,12,15H,5,7,11,13H2,1H3,(H,20,23). The van der Waals surface area contributed by atoms with Crippen molar-refractivity contribution in [1.29, 1.82) is 0 Å². The summed E-state index contributed by atoms with van der Waals surface area (Å²) in [6, 6.07) is 13.2. The summed E-state index contributed by atoms with van der Waals surface area (Å²) in [7, 11) is 2.06. The average molecular weight is 355 g/mol. The van der Waals surface area contributed by atoms with Crippen LogP contribution in [0.3, 0.4) is 0 Å². The topological polar surface area (TPSA) is 84.7 Å². The number of benzene rings is 2. The van der Waals surface area contributed by atoms with Crippen molar-refractivity contribution in [2.75, 3.05) is 20.1 Å². The van der Waals surface area contributed by atoms with Crippen molar-refractivity contribution in [3.63, 3.8) is 0 Å². The van der Waals surface area contributed by atoms with Crippen LogP contribution in [0, 0.1) is 10.1 Å². The van der Waals surface area contributed by atoms with Crippen molar-refractivity contribution in [2.24, 2.45) is 0 Å². The first-order chi connectivity index (χ1) is 12.5. The largest absolute Gasteiger partial charge is 0.450 e. The van der Waals surface area contributed by atoms with Gasteiger partial charge in [-0.25, -0.2) is 0 Å². The van der Waals surface area contributed by atoms with Crippen molar-refractivity contribution in [1.82, 2.24) is 10.2 Å². The van der Waals surface area contributed by atoms with Crippen LogP contribution in [0.2, 0.25) is 0 Å². The third-order valence-corrected chi connectivity index (χ3v) is 4.56. The number of amides is 1. The molecule has 1 aliphatic heterocycles. The minimum Gasteiger partial charge on any atom is -0.450 e. The monoisotopic (exact) mass is 355 g/mol. The van der Waals surface area contributed by atoms with E-state index in [4.69, 9.17) is 4.74 Å². The molecule has 1 heterocycles. The Hall–Kier alpha value is -2.93. The van der Waals surface area contributed by atoms with Crippen molar-refractivity contribution in [3.05, 3.63) is 64.2 Å². The summed E-state index contributed by atoms with van der Waals surface area (Å²) < 4.78 is 5.63. The number of likely N-dealkylation sites (N-methyl/N-ethyl adjacent to an activating group) is 1. The molecule has 7 nitrogen and oxygen atoms in total.